The number of methoxy groups -OCH3 is 1. The van der Waals surface area contributed by atoms with Gasteiger partial charge in [-0.1, -0.05) is 23.5 Å². The van der Waals surface area contributed by atoms with Gasteiger partial charge in [0.05, 0.1) is 22.8 Å². The standard InChI is InChI=1S/C23H21N3O3S/c1-13-9-14(2)21-19(10-13)30-23(26(21)12-20(27)29-4)25-22(28)17-7-8-18-16(11-17)6-5-15(3)24-18/h5-11H,12H2,1-4H3. The molecule has 2 heterocycles. The summed E-state index contributed by atoms with van der Waals surface area (Å²) in [5, 5.41) is 0.881. The summed E-state index contributed by atoms with van der Waals surface area (Å²) in [5.41, 5.74) is 5.25. The van der Waals surface area contributed by atoms with Crippen LogP contribution in [0, 0.1) is 20.8 Å². The van der Waals surface area contributed by atoms with E-state index in [1.807, 2.05) is 51.1 Å². The number of carbonyl (C=O) groups is 2. The van der Waals surface area contributed by atoms with Crippen molar-refractivity contribution in [3.63, 3.8) is 0 Å². The Kier molecular flexibility index (Phi) is 5.22. The zero-order valence-corrected chi connectivity index (χ0v) is 18.0. The van der Waals surface area contributed by atoms with Gasteiger partial charge in [0.25, 0.3) is 5.91 Å². The van der Waals surface area contributed by atoms with Gasteiger partial charge in [-0.25, -0.2) is 0 Å². The first kappa shape index (κ1) is 20.0. The number of rotatable bonds is 3. The molecule has 0 fully saturated rings. The summed E-state index contributed by atoms with van der Waals surface area (Å²) < 4.78 is 7.58. The summed E-state index contributed by atoms with van der Waals surface area (Å²) in [7, 11) is 1.35. The first-order valence-electron chi connectivity index (χ1n) is 9.49. The Morgan fingerprint density at radius 3 is 2.67 bits per heavy atom. The van der Waals surface area contributed by atoms with Gasteiger partial charge in [0.1, 0.15) is 6.54 Å². The van der Waals surface area contributed by atoms with Gasteiger partial charge >= 0.3 is 5.97 Å². The highest BCUT2D eigenvalue weighted by Gasteiger charge is 2.15. The zero-order chi connectivity index (χ0) is 21.4. The Morgan fingerprint density at radius 2 is 1.90 bits per heavy atom. The van der Waals surface area contributed by atoms with Gasteiger partial charge in [-0.15, -0.1) is 0 Å². The number of benzene rings is 2. The maximum atomic E-state index is 13.0. The molecule has 4 rings (SSSR count). The number of fused-ring (bicyclic) bond motifs is 2. The predicted octanol–water partition coefficient (Wildman–Crippen LogP) is 4.09. The summed E-state index contributed by atoms with van der Waals surface area (Å²) in [6.45, 7) is 5.93. The quantitative estimate of drug-likeness (QED) is 0.469. The fourth-order valence-electron chi connectivity index (χ4n) is 3.53. The monoisotopic (exact) mass is 419 g/mol. The minimum atomic E-state index is -0.393. The minimum absolute atomic E-state index is 0.00652. The third-order valence-corrected chi connectivity index (χ3v) is 5.92. The van der Waals surface area contributed by atoms with Crippen molar-refractivity contribution in [3.05, 3.63) is 69.7 Å². The average Bonchev–Trinajstić information content (AvgIpc) is 3.04. The first-order valence-corrected chi connectivity index (χ1v) is 10.3. The van der Waals surface area contributed by atoms with E-state index in [4.69, 9.17) is 4.74 Å². The number of amides is 1. The second-order valence-electron chi connectivity index (χ2n) is 7.25. The van der Waals surface area contributed by atoms with Crippen LogP contribution < -0.4 is 4.80 Å². The number of esters is 1. The van der Waals surface area contributed by atoms with E-state index in [1.54, 1.807) is 16.7 Å². The molecule has 6 nitrogen and oxygen atoms in total. The van der Waals surface area contributed by atoms with Crippen molar-refractivity contribution >= 4 is 44.3 Å². The van der Waals surface area contributed by atoms with E-state index in [0.717, 1.165) is 37.9 Å². The number of pyridine rings is 1. The Morgan fingerprint density at radius 1 is 1.10 bits per heavy atom. The molecular formula is C23H21N3O3S. The van der Waals surface area contributed by atoms with E-state index in [0.29, 0.717) is 10.4 Å². The molecule has 1 amide bonds. The largest absolute Gasteiger partial charge is 0.468 e. The second-order valence-corrected chi connectivity index (χ2v) is 8.26. The van der Waals surface area contributed by atoms with Crippen molar-refractivity contribution in [2.45, 2.75) is 27.3 Å². The minimum Gasteiger partial charge on any atom is -0.468 e. The third kappa shape index (κ3) is 3.76. The number of hydrogen-bond donors (Lipinski definition) is 0. The molecule has 152 valence electrons. The van der Waals surface area contributed by atoms with Crippen LogP contribution in [0.1, 0.15) is 27.2 Å². The maximum absolute atomic E-state index is 13.0. The maximum Gasteiger partial charge on any atom is 0.325 e. The van der Waals surface area contributed by atoms with Crippen LogP contribution in [0.5, 0.6) is 0 Å². The van der Waals surface area contributed by atoms with Crippen molar-refractivity contribution in [1.29, 1.82) is 0 Å². The van der Waals surface area contributed by atoms with Crippen LogP contribution in [0.2, 0.25) is 0 Å². The zero-order valence-electron chi connectivity index (χ0n) is 17.2. The molecule has 7 heteroatoms. The van der Waals surface area contributed by atoms with Crippen LogP contribution in [0.15, 0.2) is 47.5 Å². The Labute approximate surface area is 177 Å². The van der Waals surface area contributed by atoms with Crippen molar-refractivity contribution in [2.24, 2.45) is 4.99 Å². The molecule has 30 heavy (non-hydrogen) atoms. The molecule has 0 radical (unpaired) electrons. The van der Waals surface area contributed by atoms with E-state index in [9.17, 15) is 9.59 Å². The summed E-state index contributed by atoms with van der Waals surface area (Å²) in [6, 6.07) is 13.3. The average molecular weight is 420 g/mol. The van der Waals surface area contributed by atoms with E-state index in [2.05, 4.69) is 9.98 Å². The van der Waals surface area contributed by atoms with Crippen molar-refractivity contribution in [2.75, 3.05) is 7.11 Å². The summed E-state index contributed by atoms with van der Waals surface area (Å²) in [5.74, 6) is -0.757. The predicted molar refractivity (Wildman–Crippen MR) is 118 cm³/mol. The van der Waals surface area contributed by atoms with E-state index >= 15 is 0 Å². The molecule has 0 N–H and O–H groups in total. The smallest absolute Gasteiger partial charge is 0.325 e. The van der Waals surface area contributed by atoms with Gasteiger partial charge in [0, 0.05) is 16.6 Å². The number of thiazole rings is 1. The lowest BCUT2D eigenvalue weighted by atomic mass is 10.1. The highest BCUT2D eigenvalue weighted by Crippen LogP contribution is 2.23. The van der Waals surface area contributed by atoms with E-state index < -0.39 is 5.97 Å². The molecule has 0 atom stereocenters. The highest BCUT2D eigenvalue weighted by molar-refractivity contribution is 7.16. The van der Waals surface area contributed by atoms with Gasteiger partial charge in [0.15, 0.2) is 4.80 Å². The fourth-order valence-corrected chi connectivity index (χ4v) is 4.73. The summed E-state index contributed by atoms with van der Waals surface area (Å²) in [4.78, 5) is 34.3. The van der Waals surface area contributed by atoms with E-state index in [-0.39, 0.29) is 12.5 Å². The van der Waals surface area contributed by atoms with Crippen molar-refractivity contribution < 1.29 is 14.3 Å². The van der Waals surface area contributed by atoms with Crippen molar-refractivity contribution in [1.82, 2.24) is 9.55 Å². The number of ether oxygens (including phenoxy) is 1. The van der Waals surface area contributed by atoms with E-state index in [1.165, 1.54) is 18.4 Å². The molecule has 0 aliphatic carbocycles. The number of carbonyl (C=O) groups excluding carboxylic acids is 2. The molecule has 0 aliphatic heterocycles. The van der Waals surface area contributed by atoms with Gasteiger partial charge in [-0.3, -0.25) is 14.6 Å². The Hall–Kier alpha value is -3.32. The summed E-state index contributed by atoms with van der Waals surface area (Å²) in [6.07, 6.45) is 0. The number of aryl methyl sites for hydroxylation is 3. The number of aromatic nitrogens is 2. The molecule has 2 aromatic carbocycles. The normalized spacial score (nSPS) is 11.9. The molecule has 4 aromatic rings. The molecular weight excluding hydrogens is 398 g/mol. The Balaban J connectivity index is 1.86. The molecule has 2 aromatic heterocycles. The molecule has 0 aliphatic rings. The number of nitrogens with zero attached hydrogens (tertiary/aromatic N) is 3. The van der Waals surface area contributed by atoms with Crippen molar-refractivity contribution in [3.8, 4) is 0 Å². The SMILES string of the molecule is COC(=O)Cn1c(=NC(=O)c2ccc3nc(C)ccc3c2)sc2cc(C)cc(C)c21. The molecule has 0 saturated heterocycles. The second kappa shape index (κ2) is 7.84. The van der Waals surface area contributed by atoms with Gasteiger partial charge < -0.3 is 9.30 Å². The van der Waals surface area contributed by atoms with Crippen LogP contribution in [-0.4, -0.2) is 28.5 Å². The Bertz CT molecular complexity index is 1380. The van der Waals surface area contributed by atoms with Crippen LogP contribution in [-0.2, 0) is 16.1 Å². The first-order chi connectivity index (χ1) is 14.4. The molecule has 0 bridgehead atoms. The number of hydrogen-bond acceptors (Lipinski definition) is 5. The van der Waals surface area contributed by atoms with Gasteiger partial charge in [-0.2, -0.15) is 4.99 Å². The third-order valence-electron chi connectivity index (χ3n) is 4.90. The molecule has 0 saturated carbocycles. The highest BCUT2D eigenvalue weighted by atomic mass is 32.1. The van der Waals surface area contributed by atoms with Crippen LogP contribution in [0.25, 0.3) is 21.1 Å². The topological polar surface area (TPSA) is 73.6 Å². The fraction of sp³-hybridized carbons (Fsp3) is 0.217. The lowest BCUT2D eigenvalue weighted by Crippen LogP contribution is -2.22. The lowest BCUT2D eigenvalue weighted by Gasteiger charge is -2.06. The van der Waals surface area contributed by atoms with Crippen LogP contribution in [0.3, 0.4) is 0 Å². The van der Waals surface area contributed by atoms with Crippen LogP contribution >= 0.6 is 11.3 Å². The van der Waals surface area contributed by atoms with Crippen LogP contribution in [0.4, 0.5) is 0 Å². The lowest BCUT2D eigenvalue weighted by molar-refractivity contribution is -0.141. The summed E-state index contributed by atoms with van der Waals surface area (Å²) >= 11 is 1.39. The molecule has 0 unspecified atom stereocenters. The van der Waals surface area contributed by atoms with Gasteiger partial charge in [-0.05, 0) is 62.2 Å². The molecule has 0 spiro atoms. The van der Waals surface area contributed by atoms with Gasteiger partial charge in [0.2, 0.25) is 0 Å².